The van der Waals surface area contributed by atoms with Crippen molar-refractivity contribution in [2.45, 2.75) is 27.2 Å². The Bertz CT molecular complexity index is 494. The van der Waals surface area contributed by atoms with Gasteiger partial charge in [0.1, 0.15) is 11.4 Å². The molecule has 0 aliphatic carbocycles. The number of esters is 1. The van der Waals surface area contributed by atoms with Crippen LogP contribution in [0.2, 0.25) is 0 Å². The zero-order valence-corrected chi connectivity index (χ0v) is 11.2. The van der Waals surface area contributed by atoms with Gasteiger partial charge in [-0.05, 0) is 30.9 Å². The molecule has 5 heteroatoms. The van der Waals surface area contributed by atoms with Crippen molar-refractivity contribution >= 4 is 11.9 Å². The Kier molecular flexibility index (Phi) is 5.03. The molecule has 0 atom stereocenters. The molecule has 0 unspecified atom stereocenters. The van der Waals surface area contributed by atoms with Crippen LogP contribution >= 0.6 is 0 Å². The molecule has 19 heavy (non-hydrogen) atoms. The second kappa shape index (κ2) is 6.31. The van der Waals surface area contributed by atoms with Crippen LogP contribution in [0.25, 0.3) is 0 Å². The summed E-state index contributed by atoms with van der Waals surface area (Å²) in [5, 5.41) is 9.07. The summed E-state index contributed by atoms with van der Waals surface area (Å²) in [4.78, 5) is 22.7. The first-order valence-corrected chi connectivity index (χ1v) is 6.10. The SMILES string of the molecule is CCOC(=O)c1ccc(CC(C)C)c(F)c1C(=O)O. The lowest BCUT2D eigenvalue weighted by molar-refractivity contribution is 0.0513. The molecule has 0 heterocycles. The van der Waals surface area contributed by atoms with E-state index in [1.165, 1.54) is 12.1 Å². The van der Waals surface area contributed by atoms with Gasteiger partial charge in [0, 0.05) is 0 Å². The van der Waals surface area contributed by atoms with E-state index >= 15 is 0 Å². The van der Waals surface area contributed by atoms with Crippen LogP contribution < -0.4 is 0 Å². The van der Waals surface area contributed by atoms with Gasteiger partial charge < -0.3 is 9.84 Å². The molecule has 0 spiro atoms. The number of aromatic carboxylic acids is 1. The summed E-state index contributed by atoms with van der Waals surface area (Å²) in [6, 6.07) is 2.75. The fourth-order valence-corrected chi connectivity index (χ4v) is 1.80. The molecule has 0 saturated heterocycles. The zero-order chi connectivity index (χ0) is 14.6. The third-order valence-electron chi connectivity index (χ3n) is 2.56. The maximum atomic E-state index is 14.2. The van der Waals surface area contributed by atoms with Crippen LogP contribution in [0.1, 0.15) is 47.1 Å². The molecular formula is C14H17FO4. The number of benzene rings is 1. The van der Waals surface area contributed by atoms with E-state index in [9.17, 15) is 14.0 Å². The average Bonchev–Trinajstić information content (AvgIpc) is 2.30. The van der Waals surface area contributed by atoms with Crippen molar-refractivity contribution in [2.75, 3.05) is 6.61 Å². The zero-order valence-electron chi connectivity index (χ0n) is 11.2. The summed E-state index contributed by atoms with van der Waals surface area (Å²) in [6.45, 7) is 5.51. The van der Waals surface area contributed by atoms with Crippen molar-refractivity contribution < 1.29 is 23.8 Å². The van der Waals surface area contributed by atoms with E-state index in [0.717, 1.165) is 0 Å². The lowest BCUT2D eigenvalue weighted by atomic mass is 9.97. The van der Waals surface area contributed by atoms with Gasteiger partial charge in [-0.2, -0.15) is 0 Å². The number of carbonyl (C=O) groups excluding carboxylic acids is 1. The van der Waals surface area contributed by atoms with Crippen molar-refractivity contribution in [3.8, 4) is 0 Å². The Morgan fingerprint density at radius 1 is 1.37 bits per heavy atom. The van der Waals surface area contributed by atoms with E-state index < -0.39 is 23.3 Å². The summed E-state index contributed by atoms with van der Waals surface area (Å²) < 4.78 is 18.9. The van der Waals surface area contributed by atoms with Crippen LogP contribution in [0.15, 0.2) is 12.1 Å². The second-order valence-corrected chi connectivity index (χ2v) is 4.58. The van der Waals surface area contributed by atoms with E-state index in [4.69, 9.17) is 9.84 Å². The first kappa shape index (κ1) is 15.1. The van der Waals surface area contributed by atoms with E-state index in [-0.39, 0.29) is 18.1 Å². The minimum absolute atomic E-state index is 0.104. The van der Waals surface area contributed by atoms with E-state index in [1.807, 2.05) is 13.8 Å². The van der Waals surface area contributed by atoms with Gasteiger partial charge in [-0.1, -0.05) is 19.9 Å². The van der Waals surface area contributed by atoms with Crippen LogP contribution in [0.4, 0.5) is 4.39 Å². The number of hydrogen-bond acceptors (Lipinski definition) is 3. The fraction of sp³-hybridized carbons (Fsp3) is 0.429. The van der Waals surface area contributed by atoms with Crippen molar-refractivity contribution in [3.05, 3.63) is 34.6 Å². The van der Waals surface area contributed by atoms with Gasteiger partial charge in [0.2, 0.25) is 0 Å². The molecule has 1 aromatic carbocycles. The molecule has 0 radical (unpaired) electrons. The highest BCUT2D eigenvalue weighted by Gasteiger charge is 2.24. The summed E-state index contributed by atoms with van der Waals surface area (Å²) >= 11 is 0. The quantitative estimate of drug-likeness (QED) is 0.834. The molecular weight excluding hydrogens is 251 g/mol. The largest absolute Gasteiger partial charge is 0.478 e. The van der Waals surface area contributed by atoms with Crippen LogP contribution in [0.5, 0.6) is 0 Å². The van der Waals surface area contributed by atoms with Gasteiger partial charge in [0.15, 0.2) is 0 Å². The van der Waals surface area contributed by atoms with Gasteiger partial charge in [-0.3, -0.25) is 0 Å². The first-order valence-electron chi connectivity index (χ1n) is 6.10. The monoisotopic (exact) mass is 268 g/mol. The number of ether oxygens (including phenoxy) is 1. The fourth-order valence-electron chi connectivity index (χ4n) is 1.80. The highest BCUT2D eigenvalue weighted by atomic mass is 19.1. The topological polar surface area (TPSA) is 63.6 Å². The smallest absolute Gasteiger partial charge is 0.339 e. The number of carboxylic acid groups (broad SMARTS) is 1. The Morgan fingerprint density at radius 2 is 2.00 bits per heavy atom. The van der Waals surface area contributed by atoms with Crippen molar-refractivity contribution in [3.63, 3.8) is 0 Å². The predicted molar refractivity (Wildman–Crippen MR) is 67.9 cm³/mol. The molecule has 0 aromatic heterocycles. The van der Waals surface area contributed by atoms with Gasteiger partial charge in [-0.25, -0.2) is 14.0 Å². The highest BCUT2D eigenvalue weighted by Crippen LogP contribution is 2.21. The third-order valence-corrected chi connectivity index (χ3v) is 2.56. The lowest BCUT2D eigenvalue weighted by Gasteiger charge is -2.11. The summed E-state index contributed by atoms with van der Waals surface area (Å²) in [7, 11) is 0. The number of rotatable bonds is 5. The minimum atomic E-state index is -1.47. The highest BCUT2D eigenvalue weighted by molar-refractivity contribution is 6.02. The van der Waals surface area contributed by atoms with Crippen LogP contribution in [0.3, 0.4) is 0 Å². The summed E-state index contributed by atoms with van der Waals surface area (Å²) in [5.41, 5.74) is -0.573. The molecule has 4 nitrogen and oxygen atoms in total. The van der Waals surface area contributed by atoms with E-state index in [1.54, 1.807) is 6.92 Å². The molecule has 0 aliphatic rings. The molecule has 0 fully saturated rings. The van der Waals surface area contributed by atoms with Crippen molar-refractivity contribution in [1.82, 2.24) is 0 Å². The van der Waals surface area contributed by atoms with Gasteiger partial charge >= 0.3 is 11.9 Å². The number of hydrogen-bond donors (Lipinski definition) is 1. The Hall–Kier alpha value is -1.91. The lowest BCUT2D eigenvalue weighted by Crippen LogP contribution is -2.15. The molecule has 104 valence electrons. The molecule has 0 aliphatic heterocycles. The van der Waals surface area contributed by atoms with Crippen LogP contribution in [-0.4, -0.2) is 23.7 Å². The van der Waals surface area contributed by atoms with E-state index in [0.29, 0.717) is 12.0 Å². The van der Waals surface area contributed by atoms with Crippen molar-refractivity contribution in [1.29, 1.82) is 0 Å². The minimum Gasteiger partial charge on any atom is -0.478 e. The molecule has 1 N–H and O–H groups in total. The summed E-state index contributed by atoms with van der Waals surface area (Å²) in [5.74, 6) is -2.96. The third kappa shape index (κ3) is 3.53. The Labute approximate surface area is 111 Å². The number of carboxylic acids is 1. The van der Waals surface area contributed by atoms with Gasteiger partial charge in [0.25, 0.3) is 0 Å². The maximum absolute atomic E-state index is 14.2. The average molecular weight is 268 g/mol. The normalized spacial score (nSPS) is 10.6. The maximum Gasteiger partial charge on any atom is 0.339 e. The predicted octanol–water partition coefficient (Wildman–Crippen LogP) is 2.90. The van der Waals surface area contributed by atoms with Crippen molar-refractivity contribution in [2.24, 2.45) is 5.92 Å². The molecule has 1 aromatic rings. The van der Waals surface area contributed by atoms with E-state index in [2.05, 4.69) is 0 Å². The Morgan fingerprint density at radius 3 is 2.47 bits per heavy atom. The molecule has 0 saturated carbocycles. The molecule has 1 rings (SSSR count). The van der Waals surface area contributed by atoms with Gasteiger partial charge in [-0.15, -0.1) is 0 Å². The Balaban J connectivity index is 3.31. The number of halogens is 1. The number of carbonyl (C=O) groups is 2. The summed E-state index contributed by atoms with van der Waals surface area (Å²) in [6.07, 6.45) is 0.412. The van der Waals surface area contributed by atoms with Gasteiger partial charge in [0.05, 0.1) is 12.2 Å². The second-order valence-electron chi connectivity index (χ2n) is 4.58. The molecule has 0 bridgehead atoms. The van der Waals surface area contributed by atoms with Crippen LogP contribution in [-0.2, 0) is 11.2 Å². The van der Waals surface area contributed by atoms with Crippen LogP contribution in [0, 0.1) is 11.7 Å². The first-order chi connectivity index (χ1) is 8.88. The standard InChI is InChI=1S/C14H17FO4/c1-4-19-14(18)10-6-5-9(7-8(2)3)12(15)11(10)13(16)17/h5-6,8H,4,7H2,1-3H3,(H,16,17). The molecule has 0 amide bonds.